The minimum atomic E-state index is 0.0749. The van der Waals surface area contributed by atoms with Crippen LogP contribution in [0, 0.1) is 6.92 Å². The molecule has 0 amide bonds. The topological polar surface area (TPSA) is 52.3 Å². The number of Topliss-reactive ketones (excluding diaryl/α,β-unsaturated/α-hetero) is 1. The Bertz CT molecular complexity index is 512. The first-order valence-corrected chi connectivity index (χ1v) is 7.52. The predicted molar refractivity (Wildman–Crippen MR) is 80.1 cm³/mol. The van der Waals surface area contributed by atoms with E-state index in [1.54, 1.807) is 7.11 Å². The van der Waals surface area contributed by atoms with Crippen molar-refractivity contribution in [3.63, 3.8) is 0 Å². The van der Waals surface area contributed by atoms with E-state index in [9.17, 15) is 4.79 Å². The van der Waals surface area contributed by atoms with Crippen LogP contribution < -0.4 is 10.5 Å². The van der Waals surface area contributed by atoms with Crippen LogP contribution in [0.5, 0.6) is 5.75 Å². The van der Waals surface area contributed by atoms with E-state index in [1.807, 2.05) is 6.92 Å². The molecule has 19 heavy (non-hydrogen) atoms. The lowest BCUT2D eigenvalue weighted by molar-refractivity contribution is 0.0981. The zero-order valence-corrected chi connectivity index (χ0v) is 13.1. The molecule has 0 spiro atoms. The molecular formula is C15H20BrNO2. The molecule has 3 nitrogen and oxygen atoms in total. The zero-order chi connectivity index (χ0) is 14.0. The lowest BCUT2D eigenvalue weighted by Gasteiger charge is -2.24. The first-order valence-electron chi connectivity index (χ1n) is 6.72. The van der Waals surface area contributed by atoms with Gasteiger partial charge in [-0.25, -0.2) is 0 Å². The largest absolute Gasteiger partial charge is 0.495 e. The number of fused-ring (bicyclic) bond motifs is 1. The Kier molecular flexibility index (Phi) is 4.63. The van der Waals surface area contributed by atoms with Crippen LogP contribution in [0.25, 0.3) is 0 Å². The van der Waals surface area contributed by atoms with Crippen molar-refractivity contribution in [3.05, 3.63) is 26.7 Å². The summed E-state index contributed by atoms with van der Waals surface area (Å²) < 4.78 is 6.44. The molecule has 0 aliphatic heterocycles. The molecule has 0 fully saturated rings. The van der Waals surface area contributed by atoms with Gasteiger partial charge in [0.25, 0.3) is 0 Å². The SMILES string of the molecule is COc1c(Br)c2c(c(C)c1C(=O)CCN)CCCC2. The van der Waals surface area contributed by atoms with Gasteiger partial charge in [0.15, 0.2) is 5.78 Å². The number of nitrogens with two attached hydrogens (primary N) is 1. The van der Waals surface area contributed by atoms with Crippen LogP contribution in [-0.2, 0) is 12.8 Å². The molecule has 1 aromatic rings. The molecule has 4 heteroatoms. The molecule has 2 rings (SSSR count). The molecule has 0 radical (unpaired) electrons. The summed E-state index contributed by atoms with van der Waals surface area (Å²) in [6.45, 7) is 2.40. The molecule has 1 aliphatic rings. The first-order chi connectivity index (χ1) is 9.11. The Balaban J connectivity index is 2.64. The van der Waals surface area contributed by atoms with Gasteiger partial charge in [0.1, 0.15) is 5.75 Å². The van der Waals surface area contributed by atoms with E-state index in [0.717, 1.165) is 22.9 Å². The number of ketones is 1. The standard InChI is InChI=1S/C15H20BrNO2/c1-9-10-5-3-4-6-11(10)14(16)15(19-2)13(9)12(18)7-8-17/h3-8,17H2,1-2H3. The van der Waals surface area contributed by atoms with Crippen molar-refractivity contribution in [2.45, 2.75) is 39.0 Å². The average molecular weight is 326 g/mol. The number of carbonyl (C=O) groups is 1. The molecule has 1 aromatic carbocycles. The fourth-order valence-electron chi connectivity index (χ4n) is 2.91. The number of hydrogen-bond acceptors (Lipinski definition) is 3. The fourth-order valence-corrected chi connectivity index (χ4v) is 3.71. The van der Waals surface area contributed by atoms with Crippen LogP contribution in [0.1, 0.15) is 46.3 Å². The number of ether oxygens (including phenoxy) is 1. The van der Waals surface area contributed by atoms with E-state index in [0.29, 0.717) is 24.3 Å². The Morgan fingerprint density at radius 1 is 1.32 bits per heavy atom. The highest BCUT2D eigenvalue weighted by Crippen LogP contribution is 2.41. The molecule has 2 N–H and O–H groups in total. The lowest BCUT2D eigenvalue weighted by atomic mass is 9.84. The van der Waals surface area contributed by atoms with Crippen molar-refractivity contribution in [1.82, 2.24) is 0 Å². The maximum Gasteiger partial charge on any atom is 0.168 e. The second-order valence-electron chi connectivity index (χ2n) is 4.97. The summed E-state index contributed by atoms with van der Waals surface area (Å²) in [5.74, 6) is 0.752. The zero-order valence-electron chi connectivity index (χ0n) is 11.5. The highest BCUT2D eigenvalue weighted by Gasteiger charge is 2.25. The molecule has 0 saturated heterocycles. The van der Waals surface area contributed by atoms with Crippen LogP contribution in [-0.4, -0.2) is 19.4 Å². The normalized spacial score (nSPS) is 14.1. The summed E-state index contributed by atoms with van der Waals surface area (Å²) in [6, 6.07) is 0. The lowest BCUT2D eigenvalue weighted by Crippen LogP contribution is -2.15. The highest BCUT2D eigenvalue weighted by atomic mass is 79.9. The van der Waals surface area contributed by atoms with Gasteiger partial charge in [-0.05, 0) is 71.8 Å². The van der Waals surface area contributed by atoms with E-state index in [4.69, 9.17) is 10.5 Å². The maximum absolute atomic E-state index is 12.3. The molecule has 0 unspecified atom stereocenters. The third kappa shape index (κ3) is 2.56. The number of benzene rings is 1. The van der Waals surface area contributed by atoms with Crippen molar-refractivity contribution < 1.29 is 9.53 Å². The molecule has 0 bridgehead atoms. The Labute approximate surface area is 122 Å². The van der Waals surface area contributed by atoms with E-state index in [2.05, 4.69) is 15.9 Å². The van der Waals surface area contributed by atoms with Crippen molar-refractivity contribution in [3.8, 4) is 5.75 Å². The smallest absolute Gasteiger partial charge is 0.168 e. The first kappa shape index (κ1) is 14.5. The molecule has 1 aliphatic carbocycles. The summed E-state index contributed by atoms with van der Waals surface area (Å²) in [4.78, 5) is 12.3. The summed E-state index contributed by atoms with van der Waals surface area (Å²) >= 11 is 3.62. The summed E-state index contributed by atoms with van der Waals surface area (Å²) in [5.41, 5.74) is 9.93. The maximum atomic E-state index is 12.3. The number of rotatable bonds is 4. The minimum Gasteiger partial charge on any atom is -0.495 e. The summed E-state index contributed by atoms with van der Waals surface area (Å²) in [5, 5.41) is 0. The van der Waals surface area contributed by atoms with E-state index >= 15 is 0 Å². The number of hydrogen-bond donors (Lipinski definition) is 1. The van der Waals surface area contributed by atoms with Gasteiger partial charge in [0, 0.05) is 6.42 Å². The van der Waals surface area contributed by atoms with Gasteiger partial charge < -0.3 is 10.5 Å². The molecule has 0 aromatic heterocycles. The van der Waals surface area contributed by atoms with Crippen LogP contribution in [0.3, 0.4) is 0 Å². The number of carbonyl (C=O) groups excluding carboxylic acids is 1. The number of halogens is 1. The summed E-state index contributed by atoms with van der Waals surface area (Å²) in [6.07, 6.45) is 4.86. The van der Waals surface area contributed by atoms with Crippen LogP contribution >= 0.6 is 15.9 Å². The quantitative estimate of drug-likeness (QED) is 0.865. The van der Waals surface area contributed by atoms with E-state index in [-0.39, 0.29) is 5.78 Å². The van der Waals surface area contributed by atoms with Gasteiger partial charge in [-0.3, -0.25) is 4.79 Å². The van der Waals surface area contributed by atoms with Gasteiger partial charge >= 0.3 is 0 Å². The van der Waals surface area contributed by atoms with Gasteiger partial charge in [0.2, 0.25) is 0 Å². The van der Waals surface area contributed by atoms with Crippen LogP contribution in [0.2, 0.25) is 0 Å². The van der Waals surface area contributed by atoms with Crippen LogP contribution in [0.4, 0.5) is 0 Å². The van der Waals surface area contributed by atoms with E-state index in [1.165, 1.54) is 24.0 Å². The Hall–Kier alpha value is -0.870. The molecule has 0 atom stereocenters. The third-order valence-corrected chi connectivity index (χ3v) is 4.68. The monoisotopic (exact) mass is 325 g/mol. The molecular weight excluding hydrogens is 306 g/mol. The Morgan fingerprint density at radius 2 is 1.95 bits per heavy atom. The van der Waals surface area contributed by atoms with E-state index < -0.39 is 0 Å². The van der Waals surface area contributed by atoms with Crippen LogP contribution in [0.15, 0.2) is 4.47 Å². The molecule has 0 heterocycles. The second kappa shape index (κ2) is 6.06. The fraction of sp³-hybridized carbons (Fsp3) is 0.533. The summed E-state index contributed by atoms with van der Waals surface area (Å²) in [7, 11) is 1.62. The van der Waals surface area contributed by atoms with Gasteiger partial charge in [0.05, 0.1) is 17.1 Å². The van der Waals surface area contributed by atoms with Crippen molar-refractivity contribution in [2.75, 3.05) is 13.7 Å². The second-order valence-corrected chi connectivity index (χ2v) is 5.77. The highest BCUT2D eigenvalue weighted by molar-refractivity contribution is 9.10. The Morgan fingerprint density at radius 3 is 2.53 bits per heavy atom. The van der Waals surface area contributed by atoms with Crippen molar-refractivity contribution >= 4 is 21.7 Å². The van der Waals surface area contributed by atoms with Gasteiger partial charge in [-0.1, -0.05) is 0 Å². The average Bonchev–Trinajstić information content (AvgIpc) is 2.42. The van der Waals surface area contributed by atoms with Gasteiger partial charge in [-0.2, -0.15) is 0 Å². The molecule has 0 saturated carbocycles. The van der Waals surface area contributed by atoms with Crippen molar-refractivity contribution in [1.29, 1.82) is 0 Å². The third-order valence-electron chi connectivity index (χ3n) is 3.84. The van der Waals surface area contributed by atoms with Gasteiger partial charge in [-0.15, -0.1) is 0 Å². The van der Waals surface area contributed by atoms with Crippen molar-refractivity contribution in [2.24, 2.45) is 5.73 Å². The molecule has 104 valence electrons. The number of methoxy groups -OCH3 is 1. The minimum absolute atomic E-state index is 0.0749. The predicted octanol–water partition coefficient (Wildman–Crippen LogP) is 3.18.